The minimum Gasteiger partial charge on any atom is -0.384 e. The number of unbranched alkanes of at least 4 members (excludes halogenated alkanes) is 3. The van der Waals surface area contributed by atoms with E-state index in [1.807, 2.05) is 17.8 Å². The van der Waals surface area contributed by atoms with Gasteiger partial charge in [-0.1, -0.05) is 31.0 Å². The number of hydrogen-bond acceptors (Lipinski definition) is 4. The Morgan fingerprint density at radius 1 is 1.04 bits per heavy atom. The highest BCUT2D eigenvalue weighted by molar-refractivity contribution is 6.07. The van der Waals surface area contributed by atoms with Gasteiger partial charge in [0.2, 0.25) is 0 Å². The van der Waals surface area contributed by atoms with Crippen molar-refractivity contribution in [2.24, 2.45) is 7.05 Å². The number of anilines is 1. The average Bonchev–Trinajstić information content (AvgIpc) is 2.87. The second kappa shape index (κ2) is 10.7. The van der Waals surface area contributed by atoms with Crippen LogP contribution in [-0.4, -0.2) is 46.8 Å². The first-order chi connectivity index (χ1) is 12.1. The second-order valence-corrected chi connectivity index (χ2v) is 7.06. The molecule has 0 spiro atoms. The van der Waals surface area contributed by atoms with Crippen LogP contribution in [-0.2, 0) is 7.05 Å². The van der Waals surface area contributed by atoms with Crippen LogP contribution >= 0.6 is 24.8 Å². The third kappa shape index (κ3) is 5.47. The van der Waals surface area contributed by atoms with Crippen LogP contribution < -0.4 is 5.32 Å². The first-order valence-electron chi connectivity index (χ1n) is 9.18. The molecule has 0 radical (unpaired) electrons. The molecule has 3 rings (SSSR count). The highest BCUT2D eigenvalue weighted by Gasteiger charge is 2.14. The summed E-state index contributed by atoms with van der Waals surface area (Å²) < 4.78 is 1.88. The summed E-state index contributed by atoms with van der Waals surface area (Å²) in [6, 6.07) is 8.34. The Morgan fingerprint density at radius 2 is 1.74 bits per heavy atom. The standard InChI is InChI=1S/C20H29N5.2ClH/c1-15-18-19(21-13-9-5-6-10-14-24(2)3)16-11-7-8-12-17(16)22-20(18)25(4)23-15;;/h7-8,11-12H,5-6,9-10,13-14H2,1-4H3,(H,21,22);2*1H. The van der Waals surface area contributed by atoms with Gasteiger partial charge < -0.3 is 10.2 Å². The lowest BCUT2D eigenvalue weighted by Gasteiger charge is -2.12. The summed E-state index contributed by atoms with van der Waals surface area (Å²) in [6.45, 7) is 4.22. The van der Waals surface area contributed by atoms with E-state index in [1.54, 1.807) is 0 Å². The summed E-state index contributed by atoms with van der Waals surface area (Å²) in [6.07, 6.45) is 5.01. The molecule has 0 saturated carbocycles. The van der Waals surface area contributed by atoms with Crippen LogP contribution in [0.2, 0.25) is 0 Å². The van der Waals surface area contributed by atoms with Crippen molar-refractivity contribution in [1.29, 1.82) is 0 Å². The molecule has 0 unspecified atom stereocenters. The maximum Gasteiger partial charge on any atom is 0.160 e. The van der Waals surface area contributed by atoms with Gasteiger partial charge in [0.1, 0.15) is 0 Å². The van der Waals surface area contributed by atoms with E-state index in [-0.39, 0.29) is 24.8 Å². The van der Waals surface area contributed by atoms with Crippen molar-refractivity contribution in [2.45, 2.75) is 32.6 Å². The molecular weight excluding hydrogens is 381 g/mol. The fourth-order valence-corrected chi connectivity index (χ4v) is 3.40. The highest BCUT2D eigenvalue weighted by Crippen LogP contribution is 2.32. The number of halogens is 2. The van der Waals surface area contributed by atoms with Gasteiger partial charge in [-0.2, -0.15) is 5.10 Å². The Morgan fingerprint density at radius 3 is 2.48 bits per heavy atom. The first kappa shape index (κ1) is 23.5. The van der Waals surface area contributed by atoms with Gasteiger partial charge in [-0.3, -0.25) is 4.68 Å². The van der Waals surface area contributed by atoms with Crippen LogP contribution in [0.15, 0.2) is 24.3 Å². The van der Waals surface area contributed by atoms with E-state index in [0.29, 0.717) is 0 Å². The van der Waals surface area contributed by atoms with E-state index >= 15 is 0 Å². The van der Waals surface area contributed by atoms with Crippen molar-refractivity contribution in [3.63, 3.8) is 0 Å². The molecular formula is C20H31Cl2N5. The zero-order valence-electron chi connectivity index (χ0n) is 16.7. The Balaban J connectivity index is 0.00000182. The third-order valence-corrected chi connectivity index (χ3v) is 4.68. The van der Waals surface area contributed by atoms with Gasteiger partial charge in [0.25, 0.3) is 0 Å². The Labute approximate surface area is 174 Å². The molecule has 5 nitrogen and oxygen atoms in total. The fraction of sp³-hybridized carbons (Fsp3) is 0.500. The van der Waals surface area contributed by atoms with E-state index in [1.165, 1.54) is 43.3 Å². The number of fused-ring (bicyclic) bond motifs is 2. The first-order valence-corrected chi connectivity index (χ1v) is 9.18. The van der Waals surface area contributed by atoms with Gasteiger partial charge in [-0.15, -0.1) is 24.8 Å². The summed E-state index contributed by atoms with van der Waals surface area (Å²) in [4.78, 5) is 7.05. The monoisotopic (exact) mass is 411 g/mol. The molecule has 1 aromatic carbocycles. The van der Waals surface area contributed by atoms with Crippen molar-refractivity contribution >= 4 is 52.4 Å². The molecule has 0 fully saturated rings. The molecule has 0 amide bonds. The molecule has 150 valence electrons. The molecule has 3 aromatic rings. The molecule has 2 heterocycles. The van der Waals surface area contributed by atoms with Crippen LogP contribution in [0.1, 0.15) is 31.4 Å². The normalized spacial score (nSPS) is 10.9. The molecule has 27 heavy (non-hydrogen) atoms. The maximum absolute atomic E-state index is 4.80. The minimum absolute atomic E-state index is 0. The lowest BCUT2D eigenvalue weighted by Crippen LogP contribution is -2.12. The molecule has 0 aliphatic heterocycles. The average molecular weight is 412 g/mol. The molecule has 0 atom stereocenters. The minimum atomic E-state index is 0. The van der Waals surface area contributed by atoms with E-state index in [2.05, 4.69) is 54.5 Å². The van der Waals surface area contributed by atoms with Gasteiger partial charge in [0, 0.05) is 19.0 Å². The molecule has 7 heteroatoms. The van der Waals surface area contributed by atoms with Gasteiger partial charge in [0.15, 0.2) is 5.65 Å². The quantitative estimate of drug-likeness (QED) is 0.540. The molecule has 0 aliphatic carbocycles. The van der Waals surface area contributed by atoms with Crippen molar-refractivity contribution < 1.29 is 0 Å². The summed E-state index contributed by atoms with van der Waals surface area (Å²) in [5.74, 6) is 0. The zero-order valence-corrected chi connectivity index (χ0v) is 18.3. The van der Waals surface area contributed by atoms with Gasteiger partial charge >= 0.3 is 0 Å². The highest BCUT2D eigenvalue weighted by atomic mass is 35.5. The van der Waals surface area contributed by atoms with E-state index in [4.69, 9.17) is 4.98 Å². The van der Waals surface area contributed by atoms with Gasteiger partial charge in [-0.25, -0.2) is 4.98 Å². The molecule has 0 saturated heterocycles. The predicted molar refractivity (Wildman–Crippen MR) is 121 cm³/mol. The lowest BCUT2D eigenvalue weighted by atomic mass is 10.1. The van der Waals surface area contributed by atoms with Crippen molar-refractivity contribution in [3.8, 4) is 0 Å². The van der Waals surface area contributed by atoms with Crippen LogP contribution in [0.4, 0.5) is 5.69 Å². The molecule has 0 bridgehead atoms. The third-order valence-electron chi connectivity index (χ3n) is 4.68. The maximum atomic E-state index is 4.80. The summed E-state index contributed by atoms with van der Waals surface area (Å²) in [5, 5.41) is 10.6. The van der Waals surface area contributed by atoms with Crippen molar-refractivity contribution in [3.05, 3.63) is 30.0 Å². The van der Waals surface area contributed by atoms with Crippen LogP contribution in [0.25, 0.3) is 21.9 Å². The van der Waals surface area contributed by atoms with E-state index in [0.717, 1.165) is 28.8 Å². The van der Waals surface area contributed by atoms with Crippen molar-refractivity contribution in [1.82, 2.24) is 19.7 Å². The summed E-state index contributed by atoms with van der Waals surface area (Å²) in [5.41, 5.74) is 4.18. The SMILES string of the molecule is Cc1nn(C)c2nc3ccccc3c(NCCCCCCN(C)C)c12.Cl.Cl. The second-order valence-electron chi connectivity index (χ2n) is 7.06. The van der Waals surface area contributed by atoms with Gasteiger partial charge in [0.05, 0.1) is 22.3 Å². The number of nitrogens with one attached hydrogen (secondary N) is 1. The van der Waals surface area contributed by atoms with Crippen molar-refractivity contribution in [2.75, 3.05) is 32.5 Å². The van der Waals surface area contributed by atoms with E-state index < -0.39 is 0 Å². The number of aryl methyl sites for hydroxylation is 2. The smallest absolute Gasteiger partial charge is 0.160 e. The Kier molecular flexibility index (Phi) is 9.30. The number of pyridine rings is 1. The number of aromatic nitrogens is 3. The summed E-state index contributed by atoms with van der Waals surface area (Å²) >= 11 is 0. The summed E-state index contributed by atoms with van der Waals surface area (Å²) in [7, 11) is 6.24. The Hall–Kier alpha value is -1.56. The number of hydrogen-bond donors (Lipinski definition) is 1. The number of nitrogens with zero attached hydrogens (tertiary/aromatic N) is 4. The van der Waals surface area contributed by atoms with Gasteiger partial charge in [-0.05, 0) is 46.5 Å². The number of benzene rings is 1. The number of rotatable bonds is 8. The predicted octanol–water partition coefficient (Wildman–Crippen LogP) is 4.81. The Bertz CT molecular complexity index is 860. The largest absolute Gasteiger partial charge is 0.384 e. The van der Waals surface area contributed by atoms with Crippen LogP contribution in [0.3, 0.4) is 0 Å². The molecule has 1 N–H and O–H groups in total. The van der Waals surface area contributed by atoms with Crippen LogP contribution in [0, 0.1) is 6.92 Å². The fourth-order valence-electron chi connectivity index (χ4n) is 3.40. The molecule has 0 aliphatic rings. The van der Waals surface area contributed by atoms with Crippen LogP contribution in [0.5, 0.6) is 0 Å². The lowest BCUT2D eigenvalue weighted by molar-refractivity contribution is 0.391. The number of para-hydroxylation sites is 1. The zero-order chi connectivity index (χ0) is 17.8. The van der Waals surface area contributed by atoms with E-state index in [9.17, 15) is 0 Å². The topological polar surface area (TPSA) is 46.0 Å². The molecule has 2 aromatic heterocycles.